The average molecular weight is 503 g/mol. The van der Waals surface area contributed by atoms with Crippen molar-refractivity contribution in [3.8, 4) is 5.75 Å². The van der Waals surface area contributed by atoms with E-state index >= 15 is 0 Å². The van der Waals surface area contributed by atoms with Crippen molar-refractivity contribution in [1.29, 1.82) is 0 Å². The molecule has 0 spiro atoms. The van der Waals surface area contributed by atoms with Crippen molar-refractivity contribution in [2.24, 2.45) is 13.0 Å². The Morgan fingerprint density at radius 3 is 2.75 bits per heavy atom. The second-order valence-electron chi connectivity index (χ2n) is 9.18. The highest BCUT2D eigenvalue weighted by Gasteiger charge is 2.28. The Morgan fingerprint density at radius 1 is 1.17 bits per heavy atom. The number of hydrogen-bond acceptors (Lipinski definition) is 5. The molecule has 0 unspecified atom stereocenters. The van der Waals surface area contributed by atoms with Crippen LogP contribution < -0.4 is 9.64 Å². The number of carbonyl (C=O) groups is 2. The molecule has 1 aliphatic rings. The maximum atomic E-state index is 13.9. The number of halogens is 1. The molecule has 0 radical (unpaired) electrons. The molecule has 8 heteroatoms. The summed E-state index contributed by atoms with van der Waals surface area (Å²) >= 11 is 6.94. The Bertz CT molecular complexity index is 1470. The lowest BCUT2D eigenvalue weighted by Gasteiger charge is -2.30. The zero-order valence-electron chi connectivity index (χ0n) is 20.1. The first-order chi connectivity index (χ1) is 17.5. The monoisotopic (exact) mass is 502 g/mol. The van der Waals surface area contributed by atoms with Gasteiger partial charge >= 0.3 is 5.97 Å². The molecule has 0 bridgehead atoms. The van der Waals surface area contributed by atoms with E-state index in [9.17, 15) is 9.59 Å². The Hall–Kier alpha value is -3.71. The van der Waals surface area contributed by atoms with Gasteiger partial charge in [0, 0.05) is 35.9 Å². The summed E-state index contributed by atoms with van der Waals surface area (Å²) in [5.74, 6) is -0.350. The quantitative estimate of drug-likeness (QED) is 0.239. The molecular formula is C28H27ClN4O3. The number of nitrogens with zero attached hydrogens (tertiary/aromatic N) is 4. The van der Waals surface area contributed by atoms with Gasteiger partial charge in [-0.1, -0.05) is 55.6 Å². The Labute approximate surface area is 214 Å². The first-order valence-electron chi connectivity index (χ1n) is 12.1. The third-order valence-corrected chi connectivity index (χ3v) is 7.20. The largest absolute Gasteiger partial charge is 0.422 e. The summed E-state index contributed by atoms with van der Waals surface area (Å²) in [6.07, 6.45) is 10.9. The van der Waals surface area contributed by atoms with Crippen molar-refractivity contribution in [2.75, 3.05) is 4.90 Å². The molecule has 1 amide bonds. The third kappa shape index (κ3) is 4.58. The molecule has 1 fully saturated rings. The van der Waals surface area contributed by atoms with Crippen LogP contribution in [0, 0.1) is 5.92 Å². The third-order valence-electron chi connectivity index (χ3n) is 6.83. The molecule has 36 heavy (non-hydrogen) atoms. The number of aryl methyl sites for hydroxylation is 1. The van der Waals surface area contributed by atoms with E-state index in [1.807, 2.05) is 25.2 Å². The normalized spacial score (nSPS) is 14.2. The van der Waals surface area contributed by atoms with Crippen molar-refractivity contribution in [3.63, 3.8) is 0 Å². The maximum Gasteiger partial charge on any atom is 0.335 e. The van der Waals surface area contributed by atoms with Crippen LogP contribution in [0.25, 0.3) is 21.7 Å². The van der Waals surface area contributed by atoms with Gasteiger partial charge in [-0.05, 0) is 29.9 Å². The molecule has 5 rings (SSSR count). The van der Waals surface area contributed by atoms with Crippen molar-refractivity contribution in [1.82, 2.24) is 14.8 Å². The van der Waals surface area contributed by atoms with Gasteiger partial charge in [-0.3, -0.25) is 14.5 Å². The van der Waals surface area contributed by atoms with E-state index in [1.54, 1.807) is 28.0 Å². The van der Waals surface area contributed by atoms with E-state index in [-0.39, 0.29) is 17.6 Å². The average Bonchev–Trinajstić information content (AvgIpc) is 3.28. The number of rotatable bonds is 6. The molecule has 7 nitrogen and oxygen atoms in total. The number of aromatic nitrogens is 3. The van der Waals surface area contributed by atoms with Gasteiger partial charge in [0.1, 0.15) is 0 Å². The highest BCUT2D eigenvalue weighted by Crippen LogP contribution is 2.36. The first kappa shape index (κ1) is 24.0. The number of fused-ring (bicyclic) bond motifs is 2. The van der Waals surface area contributed by atoms with E-state index in [0.717, 1.165) is 65.4 Å². The van der Waals surface area contributed by atoms with E-state index < -0.39 is 5.97 Å². The van der Waals surface area contributed by atoms with Gasteiger partial charge in [-0.15, -0.1) is 0 Å². The first-order valence-corrected chi connectivity index (χ1v) is 12.5. The van der Waals surface area contributed by atoms with Gasteiger partial charge in [0.2, 0.25) is 5.91 Å². The molecule has 0 aliphatic heterocycles. The predicted molar refractivity (Wildman–Crippen MR) is 141 cm³/mol. The number of carbonyl (C=O) groups excluding carboxylic acids is 2. The number of anilines is 1. The van der Waals surface area contributed by atoms with Gasteiger partial charge in [0.25, 0.3) is 0 Å². The second kappa shape index (κ2) is 10.1. The molecule has 2 heterocycles. The minimum atomic E-state index is -0.583. The molecule has 0 atom stereocenters. The van der Waals surface area contributed by atoms with Crippen molar-refractivity contribution < 1.29 is 14.3 Å². The zero-order chi connectivity index (χ0) is 25.2. The summed E-state index contributed by atoms with van der Waals surface area (Å²) in [5.41, 5.74) is 2.33. The summed E-state index contributed by atoms with van der Waals surface area (Å²) in [5, 5.41) is 7.80. The Morgan fingerprint density at radius 2 is 1.97 bits per heavy atom. The Balaban J connectivity index is 1.60. The van der Waals surface area contributed by atoms with Crippen LogP contribution in [0.2, 0.25) is 5.02 Å². The number of amides is 1. The highest BCUT2D eigenvalue weighted by molar-refractivity contribution is 6.40. The van der Waals surface area contributed by atoms with Crippen molar-refractivity contribution in [2.45, 2.75) is 38.6 Å². The van der Waals surface area contributed by atoms with Gasteiger partial charge in [-0.2, -0.15) is 5.10 Å². The van der Waals surface area contributed by atoms with Gasteiger partial charge in [0.15, 0.2) is 5.75 Å². The van der Waals surface area contributed by atoms with Crippen LogP contribution in [0.3, 0.4) is 0 Å². The van der Waals surface area contributed by atoms with Crippen LogP contribution in [0.1, 0.15) is 37.7 Å². The lowest BCUT2D eigenvalue weighted by atomic mass is 9.88. The molecule has 4 aromatic rings. The number of hydrogen-bond donors (Lipinski definition) is 0. The highest BCUT2D eigenvalue weighted by atomic mass is 35.5. The maximum absolute atomic E-state index is 13.9. The Kier molecular flexibility index (Phi) is 6.74. The molecule has 0 saturated heterocycles. The van der Waals surface area contributed by atoms with Crippen LogP contribution in [0.15, 0.2) is 61.6 Å². The van der Waals surface area contributed by atoms with E-state index in [1.165, 1.54) is 6.20 Å². The smallest absolute Gasteiger partial charge is 0.335 e. The summed E-state index contributed by atoms with van der Waals surface area (Å²) in [4.78, 5) is 31.6. The molecule has 2 aromatic carbocycles. The minimum absolute atomic E-state index is 0.0402. The molecule has 2 aromatic heterocycles. The van der Waals surface area contributed by atoms with Gasteiger partial charge in [0.05, 0.1) is 41.4 Å². The SMILES string of the molecule is C=CC(=O)Oc1cncc(N(Cc2cccc3cc4cnn(C)c4c(Cl)c23)C(=O)C2CCCCC2)c1. The van der Waals surface area contributed by atoms with Crippen LogP contribution in [0.5, 0.6) is 5.75 Å². The van der Waals surface area contributed by atoms with Crippen LogP contribution in [-0.2, 0) is 23.2 Å². The number of ether oxygens (including phenoxy) is 1. The zero-order valence-corrected chi connectivity index (χ0v) is 20.9. The molecular weight excluding hydrogens is 476 g/mol. The molecule has 1 aliphatic carbocycles. The molecule has 184 valence electrons. The molecule has 0 N–H and O–H groups in total. The second-order valence-corrected chi connectivity index (χ2v) is 9.55. The number of esters is 1. The van der Waals surface area contributed by atoms with Crippen LogP contribution in [-0.4, -0.2) is 26.6 Å². The fourth-order valence-corrected chi connectivity index (χ4v) is 5.52. The van der Waals surface area contributed by atoms with E-state index in [4.69, 9.17) is 16.3 Å². The summed E-state index contributed by atoms with van der Waals surface area (Å²) < 4.78 is 7.05. The van der Waals surface area contributed by atoms with E-state index in [0.29, 0.717) is 17.3 Å². The number of pyridine rings is 1. The van der Waals surface area contributed by atoms with Crippen molar-refractivity contribution in [3.05, 3.63) is 72.2 Å². The van der Waals surface area contributed by atoms with Crippen LogP contribution >= 0.6 is 11.6 Å². The van der Waals surface area contributed by atoms with Gasteiger partial charge in [-0.25, -0.2) is 4.79 Å². The summed E-state index contributed by atoms with van der Waals surface area (Å²) in [7, 11) is 1.86. The van der Waals surface area contributed by atoms with Gasteiger partial charge < -0.3 is 9.64 Å². The van der Waals surface area contributed by atoms with Crippen molar-refractivity contribution >= 4 is 50.8 Å². The molecule has 1 saturated carbocycles. The topological polar surface area (TPSA) is 77.3 Å². The summed E-state index contributed by atoms with van der Waals surface area (Å²) in [6, 6.07) is 9.71. The fraction of sp³-hybridized carbons (Fsp3) is 0.286. The minimum Gasteiger partial charge on any atom is -0.422 e. The predicted octanol–water partition coefficient (Wildman–Crippen LogP) is 5.98. The van der Waals surface area contributed by atoms with Crippen LogP contribution in [0.4, 0.5) is 5.69 Å². The number of benzene rings is 2. The fourth-order valence-electron chi connectivity index (χ4n) is 5.06. The lowest BCUT2D eigenvalue weighted by molar-refractivity contribution is -0.129. The lowest BCUT2D eigenvalue weighted by Crippen LogP contribution is -2.37. The summed E-state index contributed by atoms with van der Waals surface area (Å²) in [6.45, 7) is 3.74. The van der Waals surface area contributed by atoms with E-state index in [2.05, 4.69) is 22.7 Å². The standard InChI is InChI=1S/C28H27ClN4O3/c1-3-24(34)36-23-13-22(15-30-16-23)33(28(35)18-8-5-4-6-9-18)17-20-11-7-10-19-12-21-14-31-32(2)27(21)26(29)25(19)20/h3,7,10-16,18H,1,4-6,8-9,17H2,2H3.